The lowest BCUT2D eigenvalue weighted by atomic mass is 10.4. The van der Waals surface area contributed by atoms with Gasteiger partial charge in [0.05, 0.1) is 12.2 Å². The van der Waals surface area contributed by atoms with Crippen molar-refractivity contribution in [3.8, 4) is 0 Å². The third-order valence-electron chi connectivity index (χ3n) is 3.42. The molecule has 1 fully saturated rings. The van der Waals surface area contributed by atoms with Crippen LogP contribution in [0.1, 0.15) is 28.2 Å². The van der Waals surface area contributed by atoms with Gasteiger partial charge in [-0.3, -0.25) is 9.48 Å². The molecule has 0 spiro atoms. The van der Waals surface area contributed by atoms with E-state index in [1.54, 1.807) is 4.68 Å². The summed E-state index contributed by atoms with van der Waals surface area (Å²) >= 11 is 1.36. The first kappa shape index (κ1) is 13.9. The minimum Gasteiger partial charge on any atom is -0.382 e. The molecule has 0 aliphatic carbocycles. The van der Waals surface area contributed by atoms with Crippen molar-refractivity contribution >= 4 is 28.2 Å². The molecule has 112 valence electrons. The Kier molecular flexibility index (Phi) is 3.78. The molecule has 0 unspecified atom stereocenters. The van der Waals surface area contributed by atoms with Crippen LogP contribution < -0.4 is 16.0 Å². The smallest absolute Gasteiger partial charge is 0.265 e. The number of thiazole rings is 1. The summed E-state index contributed by atoms with van der Waals surface area (Å²) < 4.78 is 1.70. The summed E-state index contributed by atoms with van der Waals surface area (Å²) in [5.74, 6) is 0.113. The van der Waals surface area contributed by atoms with Crippen LogP contribution in [0.2, 0.25) is 0 Å². The Morgan fingerprint density at radius 1 is 1.48 bits per heavy atom. The number of nitrogen functional groups attached to an aromatic ring is 1. The van der Waals surface area contributed by atoms with Crippen molar-refractivity contribution in [2.75, 3.05) is 23.7 Å². The number of hydrogen-bond acceptors (Lipinski definition) is 6. The molecule has 0 aromatic carbocycles. The van der Waals surface area contributed by atoms with Gasteiger partial charge in [-0.2, -0.15) is 5.10 Å². The Labute approximate surface area is 126 Å². The average Bonchev–Trinajstić information content (AvgIpc) is 3.16. The van der Waals surface area contributed by atoms with Crippen molar-refractivity contribution in [1.82, 2.24) is 20.1 Å². The van der Waals surface area contributed by atoms with Crippen molar-refractivity contribution in [1.29, 1.82) is 0 Å². The maximum atomic E-state index is 12.2. The SMILES string of the molecule is Cn1ccc(CNC(=O)c2sc(N3CCCC3)nc2N)n1. The first-order chi connectivity index (χ1) is 10.1. The molecule has 1 aliphatic rings. The summed E-state index contributed by atoms with van der Waals surface area (Å²) in [7, 11) is 1.84. The van der Waals surface area contributed by atoms with Gasteiger partial charge in [0.25, 0.3) is 5.91 Å². The van der Waals surface area contributed by atoms with Crippen molar-refractivity contribution in [2.24, 2.45) is 7.05 Å². The lowest BCUT2D eigenvalue weighted by Gasteiger charge is -2.11. The number of nitrogens with two attached hydrogens (primary N) is 1. The second kappa shape index (κ2) is 5.72. The number of carbonyl (C=O) groups is 1. The Balaban J connectivity index is 1.66. The Hall–Kier alpha value is -2.09. The van der Waals surface area contributed by atoms with Crippen LogP contribution >= 0.6 is 11.3 Å². The van der Waals surface area contributed by atoms with Crippen molar-refractivity contribution in [2.45, 2.75) is 19.4 Å². The van der Waals surface area contributed by atoms with E-state index in [4.69, 9.17) is 5.73 Å². The highest BCUT2D eigenvalue weighted by molar-refractivity contribution is 7.18. The summed E-state index contributed by atoms with van der Waals surface area (Å²) in [4.78, 5) is 19.2. The first-order valence-electron chi connectivity index (χ1n) is 6.91. The van der Waals surface area contributed by atoms with Gasteiger partial charge in [0.2, 0.25) is 0 Å². The Bertz CT molecular complexity index is 643. The second-order valence-corrected chi connectivity index (χ2v) is 6.05. The quantitative estimate of drug-likeness (QED) is 0.879. The Morgan fingerprint density at radius 2 is 2.24 bits per heavy atom. The van der Waals surface area contributed by atoms with E-state index < -0.39 is 0 Å². The van der Waals surface area contributed by atoms with Gasteiger partial charge in [-0.1, -0.05) is 11.3 Å². The van der Waals surface area contributed by atoms with E-state index in [0.717, 1.165) is 23.9 Å². The van der Waals surface area contributed by atoms with E-state index in [9.17, 15) is 4.79 Å². The van der Waals surface area contributed by atoms with Gasteiger partial charge in [-0.25, -0.2) is 4.98 Å². The second-order valence-electron chi connectivity index (χ2n) is 5.07. The number of rotatable bonds is 4. The lowest BCUT2D eigenvalue weighted by Crippen LogP contribution is -2.23. The topological polar surface area (TPSA) is 89.1 Å². The summed E-state index contributed by atoms with van der Waals surface area (Å²) in [6.45, 7) is 2.36. The number of carbonyl (C=O) groups excluding carboxylic acids is 1. The van der Waals surface area contributed by atoms with Gasteiger partial charge >= 0.3 is 0 Å². The van der Waals surface area contributed by atoms with E-state index in [0.29, 0.717) is 17.2 Å². The maximum absolute atomic E-state index is 12.2. The largest absolute Gasteiger partial charge is 0.382 e. The Morgan fingerprint density at radius 3 is 2.90 bits per heavy atom. The average molecular weight is 306 g/mol. The van der Waals surface area contributed by atoms with E-state index in [2.05, 4.69) is 20.3 Å². The van der Waals surface area contributed by atoms with E-state index in [-0.39, 0.29) is 5.91 Å². The number of nitrogens with one attached hydrogen (secondary N) is 1. The molecule has 1 saturated heterocycles. The summed E-state index contributed by atoms with van der Waals surface area (Å²) in [6, 6.07) is 1.87. The van der Waals surface area contributed by atoms with Crippen molar-refractivity contribution in [3.63, 3.8) is 0 Å². The first-order valence-corrected chi connectivity index (χ1v) is 7.73. The molecule has 0 bridgehead atoms. The van der Waals surface area contributed by atoms with Crippen LogP contribution in [0.25, 0.3) is 0 Å². The molecule has 8 heteroatoms. The number of amides is 1. The van der Waals surface area contributed by atoms with Crippen LogP contribution in [-0.4, -0.2) is 33.8 Å². The van der Waals surface area contributed by atoms with Gasteiger partial charge in [-0.15, -0.1) is 0 Å². The van der Waals surface area contributed by atoms with Crippen molar-refractivity contribution < 1.29 is 4.79 Å². The third-order valence-corrected chi connectivity index (χ3v) is 4.55. The zero-order chi connectivity index (χ0) is 14.8. The minimum absolute atomic E-state index is 0.193. The number of hydrogen-bond donors (Lipinski definition) is 2. The number of anilines is 2. The number of nitrogens with zero attached hydrogens (tertiary/aromatic N) is 4. The van der Waals surface area contributed by atoms with Crippen molar-refractivity contribution in [3.05, 3.63) is 22.8 Å². The standard InChI is InChI=1S/C13H18N6OS/c1-18-7-4-9(17-18)8-15-12(20)10-11(14)16-13(21-10)19-5-2-3-6-19/h4,7H,2-3,5-6,8,14H2,1H3,(H,15,20). The molecule has 3 rings (SSSR count). The van der Waals surface area contributed by atoms with E-state index >= 15 is 0 Å². The predicted molar refractivity (Wildman–Crippen MR) is 82.4 cm³/mol. The highest BCUT2D eigenvalue weighted by Crippen LogP contribution is 2.30. The maximum Gasteiger partial charge on any atom is 0.265 e. The molecular weight excluding hydrogens is 288 g/mol. The molecule has 1 amide bonds. The van der Waals surface area contributed by atoms with Gasteiger partial charge < -0.3 is 16.0 Å². The molecule has 3 N–H and O–H groups in total. The summed E-state index contributed by atoms with van der Waals surface area (Å²) in [6.07, 6.45) is 4.18. The molecular formula is C13H18N6OS. The van der Waals surface area contributed by atoms with Crippen LogP contribution in [0.3, 0.4) is 0 Å². The molecule has 0 saturated carbocycles. The highest BCUT2D eigenvalue weighted by atomic mass is 32.1. The van der Waals surface area contributed by atoms with E-state index in [1.807, 2.05) is 19.3 Å². The lowest BCUT2D eigenvalue weighted by molar-refractivity contribution is 0.0955. The number of aryl methyl sites for hydroxylation is 1. The normalized spacial score (nSPS) is 14.6. The monoisotopic (exact) mass is 306 g/mol. The summed E-state index contributed by atoms with van der Waals surface area (Å²) in [5.41, 5.74) is 6.69. The molecule has 0 radical (unpaired) electrons. The zero-order valence-electron chi connectivity index (χ0n) is 11.9. The van der Waals surface area contributed by atoms with Crippen LogP contribution in [0, 0.1) is 0 Å². The predicted octanol–water partition coefficient (Wildman–Crippen LogP) is 0.989. The van der Waals surface area contributed by atoms with Gasteiger partial charge in [0.1, 0.15) is 10.7 Å². The fourth-order valence-electron chi connectivity index (χ4n) is 2.34. The highest BCUT2D eigenvalue weighted by Gasteiger charge is 2.21. The van der Waals surface area contributed by atoms with Crippen LogP contribution in [0.15, 0.2) is 12.3 Å². The minimum atomic E-state index is -0.193. The molecule has 2 aromatic heterocycles. The fourth-order valence-corrected chi connectivity index (χ4v) is 3.29. The summed E-state index contributed by atoms with van der Waals surface area (Å²) in [5, 5.41) is 7.89. The molecule has 7 nitrogen and oxygen atoms in total. The van der Waals surface area contributed by atoms with Crippen LogP contribution in [0.4, 0.5) is 10.9 Å². The molecule has 2 aromatic rings. The molecule has 21 heavy (non-hydrogen) atoms. The molecule has 1 aliphatic heterocycles. The fraction of sp³-hybridized carbons (Fsp3) is 0.462. The molecule has 0 atom stereocenters. The third kappa shape index (κ3) is 2.99. The zero-order valence-corrected chi connectivity index (χ0v) is 12.7. The number of aromatic nitrogens is 3. The van der Waals surface area contributed by atoms with Gasteiger partial charge in [-0.05, 0) is 18.9 Å². The van der Waals surface area contributed by atoms with Gasteiger partial charge in [0, 0.05) is 26.3 Å². The molecule has 3 heterocycles. The van der Waals surface area contributed by atoms with Gasteiger partial charge in [0.15, 0.2) is 5.13 Å². The van der Waals surface area contributed by atoms with E-state index in [1.165, 1.54) is 24.2 Å². The van der Waals surface area contributed by atoms with Crippen LogP contribution in [0.5, 0.6) is 0 Å². The van der Waals surface area contributed by atoms with Crippen LogP contribution in [-0.2, 0) is 13.6 Å².